The molecule has 20 heavy (non-hydrogen) atoms. The fraction of sp³-hybridized carbons (Fsp3) is 0.333. The Morgan fingerprint density at radius 3 is 2.90 bits per heavy atom. The van der Waals surface area contributed by atoms with Crippen molar-refractivity contribution in [1.82, 2.24) is 25.2 Å². The average molecular weight is 293 g/mol. The fourth-order valence-corrected chi connectivity index (χ4v) is 2.23. The topological polar surface area (TPSA) is 88.4 Å². The zero-order valence-electron chi connectivity index (χ0n) is 11.2. The Hall–Kier alpha value is -2.09. The Bertz CT molecular complexity index is 625. The highest BCUT2D eigenvalue weighted by Crippen LogP contribution is 2.15. The summed E-state index contributed by atoms with van der Waals surface area (Å²) in [7, 11) is 0. The predicted molar refractivity (Wildman–Crippen MR) is 75.5 cm³/mol. The summed E-state index contributed by atoms with van der Waals surface area (Å²) in [6.07, 6.45) is 1.82. The van der Waals surface area contributed by atoms with Crippen molar-refractivity contribution in [3.63, 3.8) is 0 Å². The van der Waals surface area contributed by atoms with Gasteiger partial charge in [0.15, 0.2) is 10.8 Å². The first-order chi connectivity index (χ1) is 9.56. The van der Waals surface area contributed by atoms with Gasteiger partial charge in [0.1, 0.15) is 0 Å². The van der Waals surface area contributed by atoms with Gasteiger partial charge in [0.05, 0.1) is 5.75 Å². The SMILES string of the molecule is CC(C)NC(=O)NC(=O)CSc1nnc2ccccn12. The van der Waals surface area contributed by atoms with E-state index < -0.39 is 6.03 Å². The number of urea groups is 1. The molecule has 2 aromatic rings. The second-order valence-electron chi connectivity index (χ2n) is 4.38. The van der Waals surface area contributed by atoms with E-state index in [1.165, 1.54) is 11.8 Å². The maximum atomic E-state index is 11.6. The maximum Gasteiger partial charge on any atom is 0.321 e. The molecule has 0 atom stereocenters. The summed E-state index contributed by atoms with van der Waals surface area (Å²) in [6, 6.07) is 5.04. The van der Waals surface area contributed by atoms with E-state index >= 15 is 0 Å². The molecule has 0 aromatic carbocycles. The van der Waals surface area contributed by atoms with Crippen LogP contribution in [0.5, 0.6) is 0 Å². The van der Waals surface area contributed by atoms with E-state index in [0.717, 1.165) is 0 Å². The third-order valence-electron chi connectivity index (χ3n) is 2.29. The van der Waals surface area contributed by atoms with Crippen molar-refractivity contribution in [3.05, 3.63) is 24.4 Å². The second kappa shape index (κ2) is 6.38. The summed E-state index contributed by atoms with van der Waals surface area (Å²) in [5, 5.41) is 13.4. The van der Waals surface area contributed by atoms with Crippen molar-refractivity contribution < 1.29 is 9.59 Å². The van der Waals surface area contributed by atoms with E-state index in [9.17, 15) is 9.59 Å². The molecule has 2 rings (SSSR count). The molecule has 3 amide bonds. The van der Waals surface area contributed by atoms with Crippen molar-refractivity contribution in [1.29, 1.82) is 0 Å². The largest absolute Gasteiger partial charge is 0.336 e. The number of amides is 3. The number of hydrogen-bond acceptors (Lipinski definition) is 5. The quantitative estimate of drug-likeness (QED) is 0.823. The summed E-state index contributed by atoms with van der Waals surface area (Å²) >= 11 is 1.22. The third kappa shape index (κ3) is 3.70. The first kappa shape index (κ1) is 14.3. The molecule has 0 spiro atoms. The molecule has 8 heteroatoms. The van der Waals surface area contributed by atoms with Gasteiger partial charge in [0, 0.05) is 12.2 Å². The van der Waals surface area contributed by atoms with Crippen LogP contribution in [-0.4, -0.2) is 38.3 Å². The number of thioether (sulfide) groups is 1. The van der Waals surface area contributed by atoms with Crippen LogP contribution < -0.4 is 10.6 Å². The van der Waals surface area contributed by atoms with Crippen LogP contribution in [0.25, 0.3) is 5.65 Å². The van der Waals surface area contributed by atoms with E-state index in [4.69, 9.17) is 0 Å². The lowest BCUT2D eigenvalue weighted by Gasteiger charge is -2.08. The van der Waals surface area contributed by atoms with Crippen molar-refractivity contribution in [2.75, 3.05) is 5.75 Å². The Labute approximate surface area is 120 Å². The Morgan fingerprint density at radius 2 is 2.15 bits per heavy atom. The number of imide groups is 1. The molecule has 0 saturated carbocycles. The molecule has 0 aliphatic heterocycles. The van der Waals surface area contributed by atoms with Gasteiger partial charge in [-0.2, -0.15) is 0 Å². The first-order valence-electron chi connectivity index (χ1n) is 6.09. The molecule has 0 bridgehead atoms. The molecule has 106 valence electrons. The zero-order valence-corrected chi connectivity index (χ0v) is 12.0. The number of fused-ring (bicyclic) bond motifs is 1. The minimum absolute atomic E-state index is 0.0177. The van der Waals surface area contributed by atoms with Crippen LogP contribution in [0.3, 0.4) is 0 Å². The molecule has 2 aromatic heterocycles. The van der Waals surface area contributed by atoms with Crippen LogP contribution in [0.4, 0.5) is 4.79 Å². The highest BCUT2D eigenvalue weighted by molar-refractivity contribution is 7.99. The van der Waals surface area contributed by atoms with Crippen molar-refractivity contribution in [2.24, 2.45) is 0 Å². The van der Waals surface area contributed by atoms with Gasteiger partial charge in [-0.3, -0.25) is 14.5 Å². The number of carbonyl (C=O) groups is 2. The molecule has 2 heterocycles. The van der Waals surface area contributed by atoms with Gasteiger partial charge in [-0.05, 0) is 26.0 Å². The maximum absolute atomic E-state index is 11.6. The molecular weight excluding hydrogens is 278 g/mol. The summed E-state index contributed by atoms with van der Waals surface area (Å²) in [5.74, 6) is -0.276. The normalized spacial score (nSPS) is 10.8. The number of carbonyl (C=O) groups excluding carboxylic acids is 2. The Kier molecular flexibility index (Phi) is 4.57. The van der Waals surface area contributed by atoms with Gasteiger partial charge in [-0.25, -0.2) is 4.79 Å². The lowest BCUT2D eigenvalue weighted by atomic mass is 10.4. The first-order valence-corrected chi connectivity index (χ1v) is 7.07. The van der Waals surface area contributed by atoms with Gasteiger partial charge in [0.2, 0.25) is 5.91 Å². The van der Waals surface area contributed by atoms with Crippen molar-refractivity contribution >= 4 is 29.3 Å². The van der Waals surface area contributed by atoms with E-state index in [2.05, 4.69) is 20.8 Å². The highest BCUT2D eigenvalue weighted by atomic mass is 32.2. The summed E-state index contributed by atoms with van der Waals surface area (Å²) in [5.41, 5.74) is 0.716. The van der Waals surface area contributed by atoms with E-state index in [-0.39, 0.29) is 17.7 Å². The lowest BCUT2D eigenvalue weighted by molar-refractivity contribution is -0.117. The number of pyridine rings is 1. The summed E-state index contributed by atoms with van der Waals surface area (Å²) in [4.78, 5) is 23.0. The van der Waals surface area contributed by atoms with Gasteiger partial charge in [0.25, 0.3) is 0 Å². The Balaban J connectivity index is 1.89. The van der Waals surface area contributed by atoms with Crippen LogP contribution in [0.15, 0.2) is 29.6 Å². The Morgan fingerprint density at radius 1 is 1.35 bits per heavy atom. The van der Waals surface area contributed by atoms with Crippen molar-refractivity contribution in [3.8, 4) is 0 Å². The van der Waals surface area contributed by atoms with Crippen LogP contribution in [0.1, 0.15) is 13.8 Å². The second-order valence-corrected chi connectivity index (χ2v) is 5.32. The highest BCUT2D eigenvalue weighted by Gasteiger charge is 2.11. The van der Waals surface area contributed by atoms with Crippen LogP contribution in [0, 0.1) is 0 Å². The molecule has 0 aliphatic carbocycles. The molecule has 0 unspecified atom stereocenters. The van der Waals surface area contributed by atoms with Gasteiger partial charge in [-0.1, -0.05) is 17.8 Å². The van der Waals surface area contributed by atoms with Crippen molar-refractivity contribution in [2.45, 2.75) is 25.0 Å². The molecule has 0 saturated heterocycles. The molecule has 0 radical (unpaired) electrons. The number of hydrogen-bond donors (Lipinski definition) is 2. The average Bonchev–Trinajstić information content (AvgIpc) is 2.78. The van der Waals surface area contributed by atoms with Crippen LogP contribution >= 0.6 is 11.8 Å². The van der Waals surface area contributed by atoms with Gasteiger partial charge in [-0.15, -0.1) is 10.2 Å². The number of nitrogens with one attached hydrogen (secondary N) is 2. The number of aromatic nitrogens is 3. The smallest absolute Gasteiger partial charge is 0.321 e. The molecule has 2 N–H and O–H groups in total. The molecule has 0 fully saturated rings. The number of rotatable bonds is 4. The molecule has 7 nitrogen and oxygen atoms in total. The fourth-order valence-electron chi connectivity index (χ4n) is 1.51. The minimum atomic E-state index is -0.489. The minimum Gasteiger partial charge on any atom is -0.336 e. The number of nitrogens with zero attached hydrogens (tertiary/aromatic N) is 3. The predicted octanol–water partition coefficient (Wildman–Crippen LogP) is 1.06. The molecule has 0 aliphatic rings. The monoisotopic (exact) mass is 293 g/mol. The molecular formula is C12H15N5O2S. The van der Waals surface area contributed by atoms with Crippen LogP contribution in [-0.2, 0) is 4.79 Å². The standard InChI is InChI=1S/C12H15N5O2S/c1-8(2)13-11(19)14-10(18)7-20-12-16-15-9-5-3-4-6-17(9)12/h3-6,8H,7H2,1-2H3,(H2,13,14,18,19). The summed E-state index contributed by atoms with van der Waals surface area (Å²) in [6.45, 7) is 3.64. The van der Waals surface area contributed by atoms with E-state index in [1.807, 2.05) is 38.2 Å². The van der Waals surface area contributed by atoms with Gasteiger partial charge < -0.3 is 5.32 Å². The zero-order chi connectivity index (χ0) is 14.5. The summed E-state index contributed by atoms with van der Waals surface area (Å²) < 4.78 is 1.78. The third-order valence-corrected chi connectivity index (χ3v) is 3.23. The van der Waals surface area contributed by atoms with E-state index in [1.54, 1.807) is 4.40 Å². The van der Waals surface area contributed by atoms with Crippen LogP contribution in [0.2, 0.25) is 0 Å². The lowest BCUT2D eigenvalue weighted by Crippen LogP contribution is -2.43. The van der Waals surface area contributed by atoms with Gasteiger partial charge >= 0.3 is 6.03 Å². The van der Waals surface area contributed by atoms with E-state index in [0.29, 0.717) is 10.8 Å².